The summed E-state index contributed by atoms with van der Waals surface area (Å²) >= 11 is 0. The number of piperidine rings is 1. The van der Waals surface area contributed by atoms with Gasteiger partial charge in [-0.05, 0) is 39.7 Å². The summed E-state index contributed by atoms with van der Waals surface area (Å²) in [5.74, 6) is 0.476. The second kappa shape index (κ2) is 5.72. The average molecular weight is 201 g/mol. The van der Waals surface area contributed by atoms with Gasteiger partial charge in [-0.1, -0.05) is 20.8 Å². The predicted molar refractivity (Wildman–Crippen MR) is 62.5 cm³/mol. The fraction of sp³-hybridized carbons (Fsp3) is 1.00. The summed E-state index contributed by atoms with van der Waals surface area (Å²) in [6.45, 7) is 14.7. The Labute approximate surface area is 89.3 Å². The second-order valence-electron chi connectivity index (χ2n) is 4.95. The van der Waals surface area contributed by atoms with Crippen molar-refractivity contribution in [1.82, 2.24) is 4.90 Å². The minimum absolute atomic E-state index is 0.127. The lowest BCUT2D eigenvalue weighted by Crippen LogP contribution is -2.51. The molecule has 0 aromatic carbocycles. The molecule has 1 fully saturated rings. The molecule has 0 bridgehead atoms. The van der Waals surface area contributed by atoms with E-state index in [4.69, 9.17) is 0 Å². The molecule has 1 N–H and O–H groups in total. The van der Waals surface area contributed by atoms with Crippen LogP contribution in [-0.2, 0) is 0 Å². The van der Waals surface area contributed by atoms with Crippen molar-refractivity contribution >= 4 is 0 Å². The van der Waals surface area contributed by atoms with Crippen LogP contribution < -0.4 is 0 Å². The van der Waals surface area contributed by atoms with E-state index in [-0.39, 0.29) is 11.6 Å². The maximum atomic E-state index is 9.67. The van der Waals surface area contributed by atoms with Crippen molar-refractivity contribution in [1.29, 1.82) is 0 Å². The fourth-order valence-electron chi connectivity index (χ4n) is 1.66. The molecule has 1 saturated heterocycles. The van der Waals surface area contributed by atoms with Gasteiger partial charge in [-0.15, -0.1) is 0 Å². The van der Waals surface area contributed by atoms with Crippen LogP contribution in [0.1, 0.15) is 48.0 Å². The third-order valence-electron chi connectivity index (χ3n) is 2.87. The summed E-state index contributed by atoms with van der Waals surface area (Å²) in [7, 11) is 0. The van der Waals surface area contributed by atoms with Crippen LogP contribution in [0.4, 0.5) is 0 Å². The van der Waals surface area contributed by atoms with Crippen molar-refractivity contribution in [2.75, 3.05) is 13.1 Å². The van der Waals surface area contributed by atoms with Crippen molar-refractivity contribution in [2.45, 2.75) is 59.6 Å². The number of hydrogen-bond donors (Lipinski definition) is 1. The van der Waals surface area contributed by atoms with Crippen molar-refractivity contribution < 1.29 is 5.11 Å². The summed E-state index contributed by atoms with van der Waals surface area (Å²) in [5.41, 5.74) is 0.209. The molecule has 2 nitrogen and oxygen atoms in total. The SMILES string of the molecule is CC.C[C@H]1CCN(C(C)(C)C)C[C@H]1O. The molecule has 0 amide bonds. The van der Waals surface area contributed by atoms with Crippen molar-refractivity contribution in [3.05, 3.63) is 0 Å². The molecule has 1 rings (SSSR count). The Morgan fingerprint density at radius 3 is 2.07 bits per heavy atom. The van der Waals surface area contributed by atoms with Crippen LogP contribution in [0.5, 0.6) is 0 Å². The highest BCUT2D eigenvalue weighted by molar-refractivity contribution is 4.84. The number of rotatable bonds is 0. The van der Waals surface area contributed by atoms with Gasteiger partial charge >= 0.3 is 0 Å². The Hall–Kier alpha value is -0.0800. The highest BCUT2D eigenvalue weighted by atomic mass is 16.3. The molecule has 1 aliphatic heterocycles. The van der Waals surface area contributed by atoms with Crippen LogP contribution in [0.25, 0.3) is 0 Å². The fourth-order valence-corrected chi connectivity index (χ4v) is 1.66. The Kier molecular flexibility index (Phi) is 5.68. The van der Waals surface area contributed by atoms with E-state index in [9.17, 15) is 5.11 Å². The van der Waals surface area contributed by atoms with Crippen molar-refractivity contribution in [2.24, 2.45) is 5.92 Å². The summed E-state index contributed by atoms with van der Waals surface area (Å²) in [5, 5.41) is 9.67. The molecule has 0 aliphatic carbocycles. The molecular weight excluding hydrogens is 174 g/mol. The molecule has 0 spiro atoms. The zero-order valence-corrected chi connectivity index (χ0v) is 10.7. The molecule has 2 atom stereocenters. The average Bonchev–Trinajstić information content (AvgIpc) is 2.11. The second-order valence-corrected chi connectivity index (χ2v) is 4.95. The molecule has 0 saturated carbocycles. The van der Waals surface area contributed by atoms with Crippen molar-refractivity contribution in [3.63, 3.8) is 0 Å². The van der Waals surface area contributed by atoms with Crippen LogP contribution >= 0.6 is 0 Å². The molecular formula is C12H27NO. The number of β-amino-alcohol motifs (C(OH)–C–C–N with tert-alkyl or cyclic N) is 1. The van der Waals surface area contributed by atoms with Gasteiger partial charge in [-0.25, -0.2) is 0 Å². The van der Waals surface area contributed by atoms with Gasteiger partial charge in [0, 0.05) is 12.1 Å². The summed E-state index contributed by atoms with van der Waals surface area (Å²) < 4.78 is 0. The van der Waals surface area contributed by atoms with E-state index in [0.29, 0.717) is 5.92 Å². The van der Waals surface area contributed by atoms with Crippen molar-refractivity contribution in [3.8, 4) is 0 Å². The van der Waals surface area contributed by atoms with E-state index in [0.717, 1.165) is 19.5 Å². The quantitative estimate of drug-likeness (QED) is 0.651. The van der Waals surface area contributed by atoms with Crippen LogP contribution in [0.2, 0.25) is 0 Å². The van der Waals surface area contributed by atoms with Gasteiger partial charge in [-0.2, -0.15) is 0 Å². The molecule has 0 aromatic rings. The van der Waals surface area contributed by atoms with Gasteiger partial charge in [-0.3, -0.25) is 4.90 Å². The summed E-state index contributed by atoms with van der Waals surface area (Å²) in [4.78, 5) is 2.36. The van der Waals surface area contributed by atoms with Crippen LogP contribution in [0.3, 0.4) is 0 Å². The van der Waals surface area contributed by atoms with E-state index >= 15 is 0 Å². The molecule has 0 aromatic heterocycles. The minimum Gasteiger partial charge on any atom is -0.392 e. The first-order chi connectivity index (χ1) is 6.41. The summed E-state index contributed by atoms with van der Waals surface area (Å²) in [6.07, 6.45) is 0.997. The number of hydrogen-bond acceptors (Lipinski definition) is 2. The lowest BCUT2D eigenvalue weighted by molar-refractivity contribution is -0.00914. The monoisotopic (exact) mass is 201 g/mol. The largest absolute Gasteiger partial charge is 0.392 e. The van der Waals surface area contributed by atoms with Crippen LogP contribution in [-0.4, -0.2) is 34.7 Å². The van der Waals surface area contributed by atoms with Crippen LogP contribution in [0, 0.1) is 5.92 Å². The third-order valence-corrected chi connectivity index (χ3v) is 2.87. The third kappa shape index (κ3) is 3.97. The minimum atomic E-state index is -0.127. The first-order valence-electron chi connectivity index (χ1n) is 5.84. The normalized spacial score (nSPS) is 29.4. The molecule has 1 heterocycles. The predicted octanol–water partition coefficient (Wildman–Crippen LogP) is 2.51. The first kappa shape index (κ1) is 13.9. The summed E-state index contributed by atoms with van der Waals surface area (Å²) in [6, 6.07) is 0. The lowest BCUT2D eigenvalue weighted by Gasteiger charge is -2.42. The Morgan fingerprint density at radius 2 is 1.71 bits per heavy atom. The van der Waals surface area contributed by atoms with Gasteiger partial charge in [0.25, 0.3) is 0 Å². The standard InChI is InChI=1S/C10H21NO.C2H6/c1-8-5-6-11(7-9(8)12)10(2,3)4;1-2/h8-9,12H,5-7H2,1-4H3;1-2H3/t8-,9+;/m0./s1. The van der Waals surface area contributed by atoms with Gasteiger partial charge in [0.2, 0.25) is 0 Å². The molecule has 1 aliphatic rings. The number of aliphatic hydroxyl groups is 1. The van der Waals surface area contributed by atoms with Gasteiger partial charge in [0.1, 0.15) is 0 Å². The van der Waals surface area contributed by atoms with E-state index in [1.807, 2.05) is 13.8 Å². The lowest BCUT2D eigenvalue weighted by atomic mass is 9.92. The maximum Gasteiger partial charge on any atom is 0.0693 e. The molecule has 86 valence electrons. The number of aliphatic hydroxyl groups excluding tert-OH is 1. The first-order valence-corrected chi connectivity index (χ1v) is 5.84. The zero-order chi connectivity index (χ0) is 11.4. The zero-order valence-electron chi connectivity index (χ0n) is 10.7. The van der Waals surface area contributed by atoms with Gasteiger partial charge < -0.3 is 5.11 Å². The maximum absolute atomic E-state index is 9.67. The molecule has 2 heteroatoms. The topological polar surface area (TPSA) is 23.5 Å². The number of likely N-dealkylation sites (tertiary alicyclic amines) is 1. The smallest absolute Gasteiger partial charge is 0.0693 e. The van der Waals surface area contributed by atoms with E-state index < -0.39 is 0 Å². The Balaban J connectivity index is 0.000000791. The van der Waals surface area contributed by atoms with E-state index in [2.05, 4.69) is 32.6 Å². The number of nitrogens with zero attached hydrogens (tertiary/aromatic N) is 1. The molecule has 0 radical (unpaired) electrons. The van der Waals surface area contributed by atoms with Crippen LogP contribution in [0.15, 0.2) is 0 Å². The van der Waals surface area contributed by atoms with Gasteiger partial charge in [0.05, 0.1) is 6.10 Å². The highest BCUT2D eigenvalue weighted by Gasteiger charge is 2.30. The van der Waals surface area contributed by atoms with E-state index in [1.54, 1.807) is 0 Å². The highest BCUT2D eigenvalue weighted by Crippen LogP contribution is 2.23. The Bertz CT molecular complexity index is 151. The molecule has 14 heavy (non-hydrogen) atoms. The van der Waals surface area contributed by atoms with Gasteiger partial charge in [0.15, 0.2) is 0 Å². The Morgan fingerprint density at radius 1 is 1.21 bits per heavy atom. The molecule has 0 unspecified atom stereocenters. The van der Waals surface area contributed by atoms with E-state index in [1.165, 1.54) is 0 Å².